The standard InChI is InChI=1S/C14H20N2O4S/c17-21(18,12-3-1-6-15-10-12)16-11-4-5-13-14(9-11)20-8-2-7-19-13/h4-5,9,12,15-16H,1-3,6-8,10H2. The summed E-state index contributed by atoms with van der Waals surface area (Å²) in [5, 5.41) is 2.73. The van der Waals surface area contributed by atoms with E-state index >= 15 is 0 Å². The minimum absolute atomic E-state index is 0.387. The van der Waals surface area contributed by atoms with E-state index in [2.05, 4.69) is 10.0 Å². The molecular weight excluding hydrogens is 292 g/mol. The maximum Gasteiger partial charge on any atom is 0.236 e. The predicted molar refractivity (Wildman–Crippen MR) is 80.5 cm³/mol. The number of nitrogens with one attached hydrogen (secondary N) is 2. The summed E-state index contributed by atoms with van der Waals surface area (Å²) in [6.45, 7) is 2.58. The molecule has 0 aromatic heterocycles. The van der Waals surface area contributed by atoms with E-state index in [1.54, 1.807) is 18.2 Å². The van der Waals surface area contributed by atoms with Crippen LogP contribution in [0.4, 0.5) is 5.69 Å². The molecule has 21 heavy (non-hydrogen) atoms. The first-order chi connectivity index (χ1) is 10.1. The maximum absolute atomic E-state index is 12.4. The van der Waals surface area contributed by atoms with Crippen molar-refractivity contribution in [3.63, 3.8) is 0 Å². The molecule has 1 atom stereocenters. The highest BCUT2D eigenvalue weighted by atomic mass is 32.2. The Morgan fingerprint density at radius 3 is 2.71 bits per heavy atom. The second kappa shape index (κ2) is 6.11. The number of piperidine rings is 1. The third kappa shape index (κ3) is 3.41. The molecule has 0 aliphatic carbocycles. The number of rotatable bonds is 3. The number of hydrogen-bond donors (Lipinski definition) is 2. The number of ether oxygens (including phenoxy) is 2. The topological polar surface area (TPSA) is 76.7 Å². The van der Waals surface area contributed by atoms with Crippen LogP contribution in [-0.2, 0) is 10.0 Å². The van der Waals surface area contributed by atoms with Gasteiger partial charge >= 0.3 is 0 Å². The monoisotopic (exact) mass is 312 g/mol. The fraction of sp³-hybridized carbons (Fsp3) is 0.571. The minimum Gasteiger partial charge on any atom is -0.490 e. The third-order valence-electron chi connectivity index (χ3n) is 3.70. The molecule has 1 aromatic carbocycles. The predicted octanol–water partition coefficient (Wildman–Crippen LogP) is 1.34. The SMILES string of the molecule is O=S(=O)(Nc1ccc2c(c1)OCCCO2)C1CCCNC1. The summed E-state index contributed by atoms with van der Waals surface area (Å²) >= 11 is 0. The van der Waals surface area contributed by atoms with Gasteiger partial charge in [-0.1, -0.05) is 0 Å². The molecule has 2 aliphatic heterocycles. The van der Waals surface area contributed by atoms with Crippen LogP contribution >= 0.6 is 0 Å². The zero-order valence-electron chi connectivity index (χ0n) is 11.8. The molecule has 2 N–H and O–H groups in total. The van der Waals surface area contributed by atoms with Gasteiger partial charge in [-0.15, -0.1) is 0 Å². The molecule has 0 saturated carbocycles. The highest BCUT2D eigenvalue weighted by Gasteiger charge is 2.27. The lowest BCUT2D eigenvalue weighted by atomic mass is 10.2. The normalized spacial score (nSPS) is 22.4. The Hall–Kier alpha value is -1.47. The summed E-state index contributed by atoms with van der Waals surface area (Å²) in [7, 11) is -3.38. The first-order valence-electron chi connectivity index (χ1n) is 7.27. The van der Waals surface area contributed by atoms with Gasteiger partial charge in [0.1, 0.15) is 0 Å². The lowest BCUT2D eigenvalue weighted by Crippen LogP contribution is -2.41. The Kier molecular flexibility index (Phi) is 4.21. The Morgan fingerprint density at radius 2 is 1.95 bits per heavy atom. The van der Waals surface area contributed by atoms with Crippen LogP contribution in [0.3, 0.4) is 0 Å². The van der Waals surface area contributed by atoms with E-state index in [1.807, 2.05) is 0 Å². The number of hydrogen-bond acceptors (Lipinski definition) is 5. The Labute approximate surface area is 124 Å². The number of benzene rings is 1. The largest absolute Gasteiger partial charge is 0.490 e. The molecule has 116 valence electrons. The van der Waals surface area contributed by atoms with Crippen molar-refractivity contribution in [1.82, 2.24) is 5.32 Å². The number of fused-ring (bicyclic) bond motifs is 1. The molecule has 1 aromatic rings. The van der Waals surface area contributed by atoms with Crippen LogP contribution in [0.2, 0.25) is 0 Å². The number of sulfonamides is 1. The van der Waals surface area contributed by atoms with Gasteiger partial charge in [0.25, 0.3) is 0 Å². The second-order valence-electron chi connectivity index (χ2n) is 5.33. The summed E-state index contributed by atoms with van der Waals surface area (Å²) in [6.07, 6.45) is 2.39. The zero-order valence-corrected chi connectivity index (χ0v) is 12.6. The van der Waals surface area contributed by atoms with Crippen molar-refractivity contribution in [3.05, 3.63) is 18.2 Å². The van der Waals surface area contributed by atoms with Crippen LogP contribution in [0.25, 0.3) is 0 Å². The van der Waals surface area contributed by atoms with E-state index in [0.717, 1.165) is 19.4 Å². The lowest BCUT2D eigenvalue weighted by Gasteiger charge is -2.23. The van der Waals surface area contributed by atoms with Crippen molar-refractivity contribution in [2.75, 3.05) is 31.0 Å². The van der Waals surface area contributed by atoms with Gasteiger partial charge in [0.05, 0.1) is 24.2 Å². The first-order valence-corrected chi connectivity index (χ1v) is 8.82. The third-order valence-corrected chi connectivity index (χ3v) is 5.50. The van der Waals surface area contributed by atoms with Gasteiger partial charge < -0.3 is 14.8 Å². The maximum atomic E-state index is 12.4. The molecule has 3 rings (SSSR count). The van der Waals surface area contributed by atoms with Crippen LogP contribution in [0.5, 0.6) is 11.5 Å². The van der Waals surface area contributed by atoms with E-state index in [1.165, 1.54) is 0 Å². The van der Waals surface area contributed by atoms with Crippen LogP contribution in [-0.4, -0.2) is 40.0 Å². The zero-order chi connectivity index (χ0) is 14.7. The van der Waals surface area contributed by atoms with Gasteiger partial charge in [0.15, 0.2) is 11.5 Å². The van der Waals surface area contributed by atoms with Crippen molar-refractivity contribution >= 4 is 15.7 Å². The minimum atomic E-state index is -3.38. The van der Waals surface area contributed by atoms with Gasteiger partial charge in [-0.3, -0.25) is 4.72 Å². The highest BCUT2D eigenvalue weighted by Crippen LogP contribution is 2.32. The molecule has 2 heterocycles. The molecule has 6 nitrogen and oxygen atoms in total. The fourth-order valence-corrected chi connectivity index (χ4v) is 4.00. The molecule has 1 fully saturated rings. The quantitative estimate of drug-likeness (QED) is 0.881. The smallest absolute Gasteiger partial charge is 0.236 e. The first kappa shape index (κ1) is 14.5. The lowest BCUT2D eigenvalue weighted by molar-refractivity contribution is 0.297. The summed E-state index contributed by atoms with van der Waals surface area (Å²) in [4.78, 5) is 0. The Balaban J connectivity index is 1.76. The molecule has 7 heteroatoms. The van der Waals surface area contributed by atoms with E-state index in [9.17, 15) is 8.42 Å². The van der Waals surface area contributed by atoms with Crippen LogP contribution < -0.4 is 19.5 Å². The summed E-state index contributed by atoms with van der Waals surface area (Å²) in [6, 6.07) is 5.15. The van der Waals surface area contributed by atoms with Crippen molar-refractivity contribution in [2.24, 2.45) is 0 Å². The second-order valence-corrected chi connectivity index (χ2v) is 7.29. The van der Waals surface area contributed by atoms with Crippen LogP contribution in [0, 0.1) is 0 Å². The summed E-state index contributed by atoms with van der Waals surface area (Å²) < 4.78 is 38.5. The molecule has 0 radical (unpaired) electrons. The van der Waals surface area contributed by atoms with Crippen LogP contribution in [0.15, 0.2) is 18.2 Å². The molecule has 1 saturated heterocycles. The van der Waals surface area contributed by atoms with Gasteiger partial charge in [0.2, 0.25) is 10.0 Å². The molecule has 1 unspecified atom stereocenters. The summed E-state index contributed by atoms with van der Waals surface area (Å²) in [5.41, 5.74) is 0.518. The van der Waals surface area contributed by atoms with Crippen molar-refractivity contribution in [2.45, 2.75) is 24.5 Å². The van der Waals surface area contributed by atoms with Gasteiger partial charge in [-0.2, -0.15) is 0 Å². The Bertz CT molecular complexity index is 597. The fourth-order valence-electron chi connectivity index (χ4n) is 2.56. The molecule has 2 aliphatic rings. The van der Waals surface area contributed by atoms with Crippen molar-refractivity contribution in [3.8, 4) is 11.5 Å². The van der Waals surface area contributed by atoms with Gasteiger partial charge in [0, 0.05) is 19.0 Å². The van der Waals surface area contributed by atoms with E-state index in [0.29, 0.717) is 43.4 Å². The van der Waals surface area contributed by atoms with E-state index in [-0.39, 0.29) is 5.25 Å². The molecule has 0 bridgehead atoms. The molecule has 0 amide bonds. The van der Waals surface area contributed by atoms with Gasteiger partial charge in [-0.25, -0.2) is 8.42 Å². The van der Waals surface area contributed by atoms with Gasteiger partial charge in [-0.05, 0) is 31.5 Å². The average Bonchev–Trinajstić information content (AvgIpc) is 2.72. The summed E-state index contributed by atoms with van der Waals surface area (Å²) in [5.74, 6) is 1.25. The van der Waals surface area contributed by atoms with E-state index in [4.69, 9.17) is 9.47 Å². The van der Waals surface area contributed by atoms with Crippen molar-refractivity contribution < 1.29 is 17.9 Å². The average molecular weight is 312 g/mol. The number of anilines is 1. The van der Waals surface area contributed by atoms with E-state index < -0.39 is 10.0 Å². The van der Waals surface area contributed by atoms with Crippen LogP contribution in [0.1, 0.15) is 19.3 Å². The molecule has 0 spiro atoms. The highest BCUT2D eigenvalue weighted by molar-refractivity contribution is 7.93. The Morgan fingerprint density at radius 1 is 1.14 bits per heavy atom. The molecular formula is C14H20N2O4S. The van der Waals surface area contributed by atoms with Crippen molar-refractivity contribution in [1.29, 1.82) is 0 Å².